The molecule has 2 aliphatic heterocycles. The number of hydrogen-bond donors (Lipinski definition) is 0. The van der Waals surface area contributed by atoms with Crippen LogP contribution in [0, 0.1) is 0 Å². The summed E-state index contributed by atoms with van der Waals surface area (Å²) in [4.78, 5) is 7.29. The standard InChI is InChI=1S/C17H34FN3/c1-14(2)19-8-6-17(18,7-9-19)13-21-11-10-20(15(3)4)12-16(21)5/h14-16H,6-13H2,1-5H3. The molecule has 0 amide bonds. The minimum Gasteiger partial charge on any atom is -0.301 e. The van der Waals surface area contributed by atoms with Crippen LogP contribution >= 0.6 is 0 Å². The molecule has 3 nitrogen and oxygen atoms in total. The van der Waals surface area contributed by atoms with E-state index in [2.05, 4.69) is 49.3 Å². The van der Waals surface area contributed by atoms with Gasteiger partial charge in [0.1, 0.15) is 5.67 Å². The van der Waals surface area contributed by atoms with Gasteiger partial charge < -0.3 is 4.90 Å². The normalized spacial score (nSPS) is 29.4. The van der Waals surface area contributed by atoms with Crippen molar-refractivity contribution in [1.82, 2.24) is 14.7 Å². The molecule has 0 aliphatic carbocycles. The van der Waals surface area contributed by atoms with Gasteiger partial charge in [0, 0.05) is 57.4 Å². The van der Waals surface area contributed by atoms with Gasteiger partial charge in [-0.25, -0.2) is 4.39 Å². The van der Waals surface area contributed by atoms with E-state index in [9.17, 15) is 0 Å². The third-order valence-corrected chi connectivity index (χ3v) is 5.44. The van der Waals surface area contributed by atoms with Crippen LogP contribution in [0.5, 0.6) is 0 Å². The Morgan fingerprint density at radius 3 is 2.00 bits per heavy atom. The summed E-state index contributed by atoms with van der Waals surface area (Å²) in [5.74, 6) is 0. The van der Waals surface area contributed by atoms with Gasteiger partial charge in [-0.3, -0.25) is 9.80 Å². The molecular weight excluding hydrogens is 265 g/mol. The molecule has 2 aliphatic rings. The summed E-state index contributed by atoms with van der Waals surface area (Å²) in [6.45, 7) is 16.8. The summed E-state index contributed by atoms with van der Waals surface area (Å²) in [6, 6.07) is 1.61. The second-order valence-electron chi connectivity index (χ2n) is 7.69. The molecule has 0 spiro atoms. The van der Waals surface area contributed by atoms with Gasteiger partial charge in [-0.2, -0.15) is 0 Å². The van der Waals surface area contributed by atoms with E-state index >= 15 is 4.39 Å². The Balaban J connectivity index is 1.85. The number of alkyl halides is 1. The number of halogens is 1. The molecule has 4 heteroatoms. The van der Waals surface area contributed by atoms with Gasteiger partial charge >= 0.3 is 0 Å². The van der Waals surface area contributed by atoms with Crippen molar-refractivity contribution < 1.29 is 4.39 Å². The van der Waals surface area contributed by atoms with Crippen molar-refractivity contribution in [3.8, 4) is 0 Å². The minimum absolute atomic E-state index is 0.469. The van der Waals surface area contributed by atoms with Crippen molar-refractivity contribution in [1.29, 1.82) is 0 Å². The van der Waals surface area contributed by atoms with Crippen molar-refractivity contribution in [2.24, 2.45) is 0 Å². The summed E-state index contributed by atoms with van der Waals surface area (Å²) in [5, 5.41) is 0. The predicted octanol–water partition coefficient (Wildman–Crippen LogP) is 2.61. The van der Waals surface area contributed by atoms with Crippen LogP contribution in [0.15, 0.2) is 0 Å². The van der Waals surface area contributed by atoms with Crippen LogP contribution in [0.3, 0.4) is 0 Å². The van der Waals surface area contributed by atoms with Crippen LogP contribution in [0.1, 0.15) is 47.5 Å². The predicted molar refractivity (Wildman–Crippen MR) is 87.5 cm³/mol. The lowest BCUT2D eigenvalue weighted by Crippen LogP contribution is -2.58. The number of rotatable bonds is 4. The lowest BCUT2D eigenvalue weighted by molar-refractivity contribution is -0.0177. The fraction of sp³-hybridized carbons (Fsp3) is 1.00. The Labute approximate surface area is 130 Å². The topological polar surface area (TPSA) is 9.72 Å². The first-order valence-corrected chi connectivity index (χ1v) is 8.72. The highest BCUT2D eigenvalue weighted by Gasteiger charge is 2.38. The zero-order valence-corrected chi connectivity index (χ0v) is 14.6. The molecule has 0 aromatic carbocycles. The van der Waals surface area contributed by atoms with Crippen molar-refractivity contribution >= 4 is 0 Å². The van der Waals surface area contributed by atoms with Crippen LogP contribution in [0.4, 0.5) is 4.39 Å². The quantitative estimate of drug-likeness (QED) is 0.790. The van der Waals surface area contributed by atoms with Crippen LogP contribution < -0.4 is 0 Å². The van der Waals surface area contributed by atoms with E-state index < -0.39 is 5.67 Å². The molecule has 1 unspecified atom stereocenters. The van der Waals surface area contributed by atoms with Crippen molar-refractivity contribution in [2.45, 2.75) is 71.3 Å². The Hall–Kier alpha value is -0.190. The van der Waals surface area contributed by atoms with Crippen molar-refractivity contribution in [3.05, 3.63) is 0 Å². The zero-order valence-electron chi connectivity index (χ0n) is 14.6. The monoisotopic (exact) mass is 299 g/mol. The first-order valence-electron chi connectivity index (χ1n) is 8.72. The van der Waals surface area contributed by atoms with E-state index in [4.69, 9.17) is 0 Å². The molecule has 0 bridgehead atoms. The number of hydrogen-bond acceptors (Lipinski definition) is 3. The first kappa shape index (κ1) is 17.2. The Morgan fingerprint density at radius 2 is 1.52 bits per heavy atom. The molecule has 2 heterocycles. The zero-order chi connectivity index (χ0) is 15.6. The maximum absolute atomic E-state index is 15.1. The molecule has 2 rings (SSSR count). The number of piperazine rings is 1. The fourth-order valence-corrected chi connectivity index (χ4v) is 3.69. The van der Waals surface area contributed by atoms with Crippen LogP contribution in [-0.2, 0) is 0 Å². The van der Waals surface area contributed by atoms with Gasteiger partial charge in [-0.15, -0.1) is 0 Å². The molecule has 0 aromatic heterocycles. The van der Waals surface area contributed by atoms with Crippen molar-refractivity contribution in [3.63, 3.8) is 0 Å². The van der Waals surface area contributed by atoms with Gasteiger partial charge in [0.25, 0.3) is 0 Å². The highest BCUT2D eigenvalue weighted by molar-refractivity contribution is 4.93. The second-order valence-corrected chi connectivity index (χ2v) is 7.69. The molecule has 2 fully saturated rings. The SMILES string of the molecule is CC(C)N1CCC(F)(CN2CCN(C(C)C)CC2C)CC1. The Morgan fingerprint density at radius 1 is 0.952 bits per heavy atom. The summed E-state index contributed by atoms with van der Waals surface area (Å²) in [7, 11) is 0. The van der Waals surface area contributed by atoms with E-state index in [1.807, 2.05) is 0 Å². The molecule has 1 atom stereocenters. The molecule has 0 saturated carbocycles. The molecule has 124 valence electrons. The van der Waals surface area contributed by atoms with E-state index in [0.29, 0.717) is 37.5 Å². The molecule has 2 saturated heterocycles. The number of likely N-dealkylation sites (tertiary alicyclic amines) is 1. The Kier molecular flexibility index (Phi) is 5.66. The van der Waals surface area contributed by atoms with Gasteiger partial charge in [0.05, 0.1) is 0 Å². The lowest BCUT2D eigenvalue weighted by atomic mass is 9.91. The maximum Gasteiger partial charge on any atom is 0.126 e. The lowest BCUT2D eigenvalue weighted by Gasteiger charge is -2.46. The summed E-state index contributed by atoms with van der Waals surface area (Å²) < 4.78 is 15.1. The van der Waals surface area contributed by atoms with E-state index in [1.54, 1.807) is 0 Å². The fourth-order valence-electron chi connectivity index (χ4n) is 3.69. The summed E-state index contributed by atoms with van der Waals surface area (Å²) in [6.07, 6.45) is 1.39. The average molecular weight is 299 g/mol. The minimum atomic E-state index is -0.973. The molecule has 0 N–H and O–H groups in total. The summed E-state index contributed by atoms with van der Waals surface area (Å²) in [5.41, 5.74) is -0.973. The van der Waals surface area contributed by atoms with E-state index in [1.165, 1.54) is 0 Å². The summed E-state index contributed by atoms with van der Waals surface area (Å²) >= 11 is 0. The van der Waals surface area contributed by atoms with Crippen LogP contribution in [0.2, 0.25) is 0 Å². The van der Waals surface area contributed by atoms with Crippen molar-refractivity contribution in [2.75, 3.05) is 39.3 Å². The van der Waals surface area contributed by atoms with Gasteiger partial charge in [-0.05, 0) is 47.5 Å². The van der Waals surface area contributed by atoms with Gasteiger partial charge in [0.2, 0.25) is 0 Å². The van der Waals surface area contributed by atoms with Gasteiger partial charge in [-0.1, -0.05) is 0 Å². The molecule has 0 aromatic rings. The smallest absolute Gasteiger partial charge is 0.126 e. The highest BCUT2D eigenvalue weighted by atomic mass is 19.1. The average Bonchev–Trinajstić information content (AvgIpc) is 2.41. The highest BCUT2D eigenvalue weighted by Crippen LogP contribution is 2.30. The van der Waals surface area contributed by atoms with Crippen LogP contribution in [-0.4, -0.2) is 77.8 Å². The molecule has 0 radical (unpaired) electrons. The Bertz CT molecular complexity index is 324. The van der Waals surface area contributed by atoms with Crippen LogP contribution in [0.25, 0.3) is 0 Å². The first-order chi connectivity index (χ1) is 9.81. The molecule has 21 heavy (non-hydrogen) atoms. The largest absolute Gasteiger partial charge is 0.301 e. The number of piperidine rings is 1. The maximum atomic E-state index is 15.1. The van der Waals surface area contributed by atoms with E-state index in [-0.39, 0.29) is 0 Å². The molecular formula is C17H34FN3. The number of nitrogens with zero attached hydrogens (tertiary/aromatic N) is 3. The second kappa shape index (κ2) is 6.93. The third-order valence-electron chi connectivity index (χ3n) is 5.44. The van der Waals surface area contributed by atoms with E-state index in [0.717, 1.165) is 32.7 Å². The third kappa shape index (κ3) is 4.40. The van der Waals surface area contributed by atoms with Gasteiger partial charge in [0.15, 0.2) is 0 Å².